The van der Waals surface area contributed by atoms with Crippen LogP contribution in [0.15, 0.2) is 40.1 Å². The minimum absolute atomic E-state index is 0.0271. The third-order valence-electron chi connectivity index (χ3n) is 6.13. The first-order chi connectivity index (χ1) is 14.9. The Hall–Kier alpha value is -1.78. The van der Waals surface area contributed by atoms with E-state index >= 15 is 0 Å². The van der Waals surface area contributed by atoms with Gasteiger partial charge in [-0.25, -0.2) is 4.79 Å². The van der Waals surface area contributed by atoms with Crippen molar-refractivity contribution in [2.24, 2.45) is 0 Å². The highest BCUT2D eigenvalue weighted by atomic mass is 35.5. The maximum absolute atomic E-state index is 13.8. The van der Waals surface area contributed by atoms with Crippen molar-refractivity contribution in [3.8, 4) is 0 Å². The lowest BCUT2D eigenvalue weighted by molar-refractivity contribution is -0.0650. The maximum Gasteiger partial charge on any atom is 0.330 e. The van der Waals surface area contributed by atoms with Crippen LogP contribution < -0.4 is 11.2 Å². The molecule has 0 saturated carbocycles. The van der Waals surface area contributed by atoms with Gasteiger partial charge in [0.15, 0.2) is 8.32 Å². The summed E-state index contributed by atoms with van der Waals surface area (Å²) in [5.74, 6) is -1.04. The van der Waals surface area contributed by atoms with Crippen LogP contribution >= 0.6 is 11.6 Å². The van der Waals surface area contributed by atoms with Gasteiger partial charge in [0.2, 0.25) is 5.82 Å². The SMILES string of the molecule is CC(C)(C)[Si](C)(C)O[C@H]1C[C@H](n2cc(F)c(=O)[nH]c2=O)O[C@@H]1COCc1ccc(Cl)cc1. The second-order valence-electron chi connectivity index (χ2n) is 9.57. The van der Waals surface area contributed by atoms with Crippen molar-refractivity contribution in [3.63, 3.8) is 0 Å². The fraction of sp³-hybridized carbons (Fsp3) is 0.545. The smallest absolute Gasteiger partial charge is 0.330 e. The molecule has 176 valence electrons. The van der Waals surface area contributed by atoms with Crippen LogP contribution in [0, 0.1) is 5.82 Å². The predicted octanol–water partition coefficient (Wildman–Crippen LogP) is 4.22. The number of nitrogens with zero attached hydrogens (tertiary/aromatic N) is 1. The molecule has 1 saturated heterocycles. The number of aromatic amines is 1. The van der Waals surface area contributed by atoms with Crippen LogP contribution in [0.2, 0.25) is 23.2 Å². The molecule has 0 bridgehead atoms. The number of H-pyrrole nitrogens is 1. The fourth-order valence-electron chi connectivity index (χ4n) is 3.25. The Bertz CT molecular complexity index is 1050. The summed E-state index contributed by atoms with van der Waals surface area (Å²) < 4.78 is 33.4. The molecule has 2 heterocycles. The van der Waals surface area contributed by atoms with Crippen LogP contribution in [0.5, 0.6) is 0 Å². The third-order valence-corrected chi connectivity index (χ3v) is 10.9. The standard InChI is InChI=1S/C22H30ClFN2O5Si/c1-22(2,3)32(4,5)31-17-10-19(26-11-16(24)20(27)25-21(26)28)30-18(17)13-29-12-14-6-8-15(23)9-7-14/h6-9,11,17-19H,10,12-13H2,1-5H3,(H,25,27,28)/t17-,18+,19+/m0/s1. The zero-order valence-corrected chi connectivity index (χ0v) is 20.7. The molecule has 1 aromatic carbocycles. The molecule has 0 spiro atoms. The molecule has 1 N–H and O–H groups in total. The van der Waals surface area contributed by atoms with Gasteiger partial charge in [0.05, 0.1) is 25.5 Å². The van der Waals surface area contributed by atoms with Crippen LogP contribution in [0.4, 0.5) is 4.39 Å². The molecule has 1 aliphatic heterocycles. The van der Waals surface area contributed by atoms with Gasteiger partial charge in [0.1, 0.15) is 12.3 Å². The van der Waals surface area contributed by atoms with Gasteiger partial charge in [-0.2, -0.15) is 4.39 Å². The summed E-state index contributed by atoms with van der Waals surface area (Å²) in [6, 6.07) is 7.35. The molecule has 1 fully saturated rings. The van der Waals surface area contributed by atoms with E-state index < -0.39 is 37.7 Å². The van der Waals surface area contributed by atoms with Crippen molar-refractivity contribution in [2.45, 2.75) is 70.4 Å². The Labute approximate surface area is 192 Å². The molecule has 7 nitrogen and oxygen atoms in total. The van der Waals surface area contributed by atoms with E-state index in [9.17, 15) is 14.0 Å². The highest BCUT2D eigenvalue weighted by Gasteiger charge is 2.45. The Balaban J connectivity index is 1.77. The van der Waals surface area contributed by atoms with Gasteiger partial charge in [-0.05, 0) is 35.8 Å². The summed E-state index contributed by atoms with van der Waals surface area (Å²) in [6.07, 6.45) is -0.344. The largest absolute Gasteiger partial charge is 0.411 e. The molecule has 3 atom stereocenters. The predicted molar refractivity (Wildman–Crippen MR) is 123 cm³/mol. The van der Waals surface area contributed by atoms with Crippen LogP contribution in [0.3, 0.4) is 0 Å². The van der Waals surface area contributed by atoms with E-state index in [1.807, 2.05) is 17.1 Å². The zero-order chi connectivity index (χ0) is 23.7. The van der Waals surface area contributed by atoms with E-state index in [1.54, 1.807) is 12.1 Å². The van der Waals surface area contributed by atoms with Gasteiger partial charge in [-0.3, -0.25) is 14.3 Å². The first-order valence-electron chi connectivity index (χ1n) is 10.5. The van der Waals surface area contributed by atoms with Crippen molar-refractivity contribution in [1.82, 2.24) is 9.55 Å². The zero-order valence-electron chi connectivity index (χ0n) is 19.0. The molecule has 2 aromatic rings. The summed E-state index contributed by atoms with van der Waals surface area (Å²) >= 11 is 5.92. The minimum Gasteiger partial charge on any atom is -0.411 e. The van der Waals surface area contributed by atoms with Crippen molar-refractivity contribution in [3.05, 3.63) is 67.7 Å². The number of hydrogen-bond donors (Lipinski definition) is 1. The summed E-state index contributed by atoms with van der Waals surface area (Å²) in [7, 11) is -2.15. The van der Waals surface area contributed by atoms with E-state index in [0.717, 1.165) is 16.3 Å². The van der Waals surface area contributed by atoms with E-state index in [4.69, 9.17) is 25.5 Å². The molecular formula is C22H30ClFN2O5Si. The van der Waals surface area contributed by atoms with Gasteiger partial charge in [-0.15, -0.1) is 0 Å². The molecule has 32 heavy (non-hydrogen) atoms. The Morgan fingerprint density at radius 2 is 1.91 bits per heavy atom. The molecule has 0 radical (unpaired) electrons. The highest BCUT2D eigenvalue weighted by Crippen LogP contribution is 2.41. The average molecular weight is 485 g/mol. The fourth-order valence-corrected chi connectivity index (χ4v) is 4.73. The first kappa shape index (κ1) is 24.9. The van der Waals surface area contributed by atoms with E-state index in [0.29, 0.717) is 18.1 Å². The number of rotatable bonds is 7. The topological polar surface area (TPSA) is 82.6 Å². The van der Waals surface area contributed by atoms with E-state index in [-0.39, 0.29) is 17.7 Å². The molecule has 1 aromatic heterocycles. The van der Waals surface area contributed by atoms with E-state index in [1.165, 1.54) is 0 Å². The molecule has 3 rings (SSSR count). The van der Waals surface area contributed by atoms with Crippen LogP contribution in [0.1, 0.15) is 39.0 Å². The summed E-state index contributed by atoms with van der Waals surface area (Å²) in [6.45, 7) is 11.3. The highest BCUT2D eigenvalue weighted by molar-refractivity contribution is 6.74. The Morgan fingerprint density at radius 1 is 1.25 bits per heavy atom. The summed E-state index contributed by atoms with van der Waals surface area (Å²) in [4.78, 5) is 25.6. The number of hydrogen-bond acceptors (Lipinski definition) is 5. The van der Waals surface area contributed by atoms with Gasteiger partial charge in [0.25, 0.3) is 5.56 Å². The van der Waals surface area contributed by atoms with Gasteiger partial charge in [-0.1, -0.05) is 44.5 Å². The monoisotopic (exact) mass is 484 g/mol. The average Bonchev–Trinajstić information content (AvgIpc) is 3.07. The van der Waals surface area contributed by atoms with Gasteiger partial charge < -0.3 is 13.9 Å². The quantitative estimate of drug-likeness (QED) is 0.595. The van der Waals surface area contributed by atoms with Crippen LogP contribution in [-0.4, -0.2) is 36.7 Å². The first-order valence-corrected chi connectivity index (χ1v) is 13.8. The van der Waals surface area contributed by atoms with Crippen LogP contribution in [0.25, 0.3) is 0 Å². The van der Waals surface area contributed by atoms with Crippen LogP contribution in [-0.2, 0) is 20.5 Å². The lowest BCUT2D eigenvalue weighted by Gasteiger charge is -2.39. The lowest BCUT2D eigenvalue weighted by Crippen LogP contribution is -2.46. The molecule has 0 amide bonds. The normalized spacial score (nSPS) is 21.8. The molecule has 1 aliphatic rings. The second-order valence-corrected chi connectivity index (χ2v) is 14.8. The molecular weight excluding hydrogens is 455 g/mol. The van der Waals surface area contributed by atoms with Crippen molar-refractivity contribution in [2.75, 3.05) is 6.61 Å². The minimum atomic E-state index is -2.15. The Kier molecular flexibility index (Phi) is 7.46. The molecule has 10 heteroatoms. The lowest BCUT2D eigenvalue weighted by atomic mass is 10.2. The van der Waals surface area contributed by atoms with Crippen molar-refractivity contribution >= 4 is 19.9 Å². The Morgan fingerprint density at radius 3 is 2.53 bits per heavy atom. The summed E-state index contributed by atoms with van der Waals surface area (Å²) in [5.41, 5.74) is -0.818. The molecule has 0 aliphatic carbocycles. The van der Waals surface area contributed by atoms with Crippen molar-refractivity contribution in [1.29, 1.82) is 0 Å². The van der Waals surface area contributed by atoms with Gasteiger partial charge in [0, 0.05) is 11.4 Å². The van der Waals surface area contributed by atoms with Gasteiger partial charge >= 0.3 is 5.69 Å². The third kappa shape index (κ3) is 5.76. The number of ether oxygens (including phenoxy) is 2. The number of halogens is 2. The van der Waals surface area contributed by atoms with E-state index in [2.05, 4.69) is 33.9 Å². The second kappa shape index (κ2) is 9.60. The number of aromatic nitrogens is 2. The molecule has 0 unspecified atom stereocenters. The number of benzene rings is 1. The van der Waals surface area contributed by atoms with Crippen molar-refractivity contribution < 1.29 is 18.3 Å². The summed E-state index contributed by atoms with van der Waals surface area (Å²) in [5, 5.41) is 0.623. The number of nitrogens with one attached hydrogen (secondary N) is 1. The maximum atomic E-state index is 13.8.